The Balaban J connectivity index is 2.53. The minimum absolute atomic E-state index is 0.0342. The Morgan fingerprint density at radius 3 is 2.56 bits per heavy atom. The minimum Gasteiger partial charge on any atom is -0.396 e. The van der Waals surface area contributed by atoms with E-state index < -0.39 is 11.5 Å². The zero-order valence-corrected chi connectivity index (χ0v) is 11.7. The second-order valence-electron chi connectivity index (χ2n) is 6.84. The van der Waals surface area contributed by atoms with Crippen molar-refractivity contribution in [3.63, 3.8) is 0 Å². The van der Waals surface area contributed by atoms with Gasteiger partial charge in [-0.15, -0.1) is 0 Å². The Labute approximate surface area is 109 Å². The Bertz CT molecular complexity index is 397. The minimum atomic E-state index is -0.439. The molecule has 102 valence electrons. The maximum absolute atomic E-state index is 12.4. The highest BCUT2D eigenvalue weighted by Crippen LogP contribution is 2.58. The van der Waals surface area contributed by atoms with E-state index in [2.05, 4.69) is 6.92 Å². The van der Waals surface area contributed by atoms with Crippen LogP contribution in [0.2, 0.25) is 0 Å². The molecule has 18 heavy (non-hydrogen) atoms. The molecule has 0 aromatic heterocycles. The highest BCUT2D eigenvalue weighted by atomic mass is 16.3. The number of hydrogen-bond acceptors (Lipinski definition) is 3. The van der Waals surface area contributed by atoms with Crippen LogP contribution >= 0.6 is 0 Å². The highest BCUT2D eigenvalue weighted by Gasteiger charge is 2.58. The normalized spacial score (nSPS) is 43.3. The van der Waals surface area contributed by atoms with Gasteiger partial charge in [-0.2, -0.15) is 0 Å². The standard InChI is InChI=1S/C15H24O3/c1-9-7-11(17)13-14(2,3)12(18)5-6-15(13,4)10(9)8-16/h7,10,12-13,16,18H,5-6,8H2,1-4H3/t10-,12-,13-,15+/m1/s1. The molecule has 2 aliphatic rings. The number of ketones is 1. The van der Waals surface area contributed by atoms with Gasteiger partial charge in [0.05, 0.1) is 12.7 Å². The third-order valence-electron chi connectivity index (χ3n) is 5.40. The van der Waals surface area contributed by atoms with Crippen LogP contribution in [-0.2, 0) is 4.79 Å². The summed E-state index contributed by atoms with van der Waals surface area (Å²) in [4.78, 5) is 12.4. The largest absolute Gasteiger partial charge is 0.396 e. The second-order valence-corrected chi connectivity index (χ2v) is 6.84. The van der Waals surface area contributed by atoms with Crippen molar-refractivity contribution < 1.29 is 15.0 Å². The Kier molecular flexibility index (Phi) is 3.19. The van der Waals surface area contributed by atoms with Crippen molar-refractivity contribution >= 4 is 5.78 Å². The smallest absolute Gasteiger partial charge is 0.159 e. The van der Waals surface area contributed by atoms with Gasteiger partial charge in [0.25, 0.3) is 0 Å². The van der Waals surface area contributed by atoms with Gasteiger partial charge >= 0.3 is 0 Å². The molecule has 0 bridgehead atoms. The van der Waals surface area contributed by atoms with E-state index in [-0.39, 0.29) is 29.6 Å². The van der Waals surface area contributed by atoms with Crippen LogP contribution < -0.4 is 0 Å². The molecule has 0 aliphatic heterocycles. The summed E-state index contributed by atoms with van der Waals surface area (Å²) in [5.74, 6) is -0.0509. The fourth-order valence-electron chi connectivity index (χ4n) is 4.35. The van der Waals surface area contributed by atoms with E-state index in [0.29, 0.717) is 6.42 Å². The lowest BCUT2D eigenvalue weighted by atomic mass is 9.47. The molecule has 0 saturated heterocycles. The summed E-state index contributed by atoms with van der Waals surface area (Å²) in [5.41, 5.74) is 0.329. The van der Waals surface area contributed by atoms with Crippen molar-refractivity contribution in [2.75, 3.05) is 6.61 Å². The van der Waals surface area contributed by atoms with Gasteiger partial charge in [-0.1, -0.05) is 26.3 Å². The predicted octanol–water partition coefficient (Wildman–Crippen LogP) is 1.93. The molecule has 1 fully saturated rings. The molecule has 3 nitrogen and oxygen atoms in total. The molecule has 2 rings (SSSR count). The lowest BCUT2D eigenvalue weighted by Gasteiger charge is -2.56. The molecule has 0 aromatic carbocycles. The SMILES string of the molecule is CC1=CC(=O)[C@@H]2C(C)(C)[C@H](O)CC[C@@]2(C)[C@@H]1CO. The zero-order valence-electron chi connectivity index (χ0n) is 11.7. The molecule has 0 radical (unpaired) electrons. The molecular weight excluding hydrogens is 228 g/mol. The number of carbonyl (C=O) groups is 1. The maximum atomic E-state index is 12.4. The summed E-state index contributed by atoms with van der Waals surface area (Å²) in [6.45, 7) is 8.05. The Morgan fingerprint density at radius 1 is 1.39 bits per heavy atom. The molecule has 4 atom stereocenters. The van der Waals surface area contributed by atoms with Gasteiger partial charge in [-0.05, 0) is 31.3 Å². The van der Waals surface area contributed by atoms with E-state index in [0.717, 1.165) is 12.0 Å². The van der Waals surface area contributed by atoms with Crippen molar-refractivity contribution in [1.82, 2.24) is 0 Å². The second kappa shape index (κ2) is 4.17. The predicted molar refractivity (Wildman–Crippen MR) is 70.0 cm³/mol. The van der Waals surface area contributed by atoms with Crippen molar-refractivity contribution in [3.05, 3.63) is 11.6 Å². The number of carbonyl (C=O) groups excluding carboxylic acids is 1. The average molecular weight is 252 g/mol. The van der Waals surface area contributed by atoms with Crippen LogP contribution in [0.15, 0.2) is 11.6 Å². The summed E-state index contributed by atoms with van der Waals surface area (Å²) in [6.07, 6.45) is 2.74. The maximum Gasteiger partial charge on any atom is 0.159 e. The zero-order chi connectivity index (χ0) is 13.7. The van der Waals surface area contributed by atoms with E-state index in [1.807, 2.05) is 20.8 Å². The Morgan fingerprint density at radius 2 is 2.00 bits per heavy atom. The monoisotopic (exact) mass is 252 g/mol. The topological polar surface area (TPSA) is 57.5 Å². The van der Waals surface area contributed by atoms with Crippen molar-refractivity contribution in [1.29, 1.82) is 0 Å². The number of fused-ring (bicyclic) bond motifs is 1. The van der Waals surface area contributed by atoms with Crippen LogP contribution in [-0.4, -0.2) is 28.7 Å². The van der Waals surface area contributed by atoms with Gasteiger partial charge in [0.2, 0.25) is 0 Å². The quantitative estimate of drug-likeness (QED) is 0.749. The van der Waals surface area contributed by atoms with E-state index >= 15 is 0 Å². The third-order valence-corrected chi connectivity index (χ3v) is 5.40. The number of aliphatic hydroxyl groups excluding tert-OH is 2. The molecule has 0 aromatic rings. The molecule has 3 heteroatoms. The van der Waals surface area contributed by atoms with Crippen LogP contribution in [0, 0.1) is 22.7 Å². The molecular formula is C15H24O3. The summed E-state index contributed by atoms with van der Waals surface area (Å²) < 4.78 is 0. The summed E-state index contributed by atoms with van der Waals surface area (Å²) in [7, 11) is 0. The fraction of sp³-hybridized carbons (Fsp3) is 0.800. The number of aliphatic hydroxyl groups is 2. The first-order valence-corrected chi connectivity index (χ1v) is 6.76. The average Bonchev–Trinajstić information content (AvgIpc) is 2.23. The first-order chi connectivity index (χ1) is 8.25. The van der Waals surface area contributed by atoms with Crippen molar-refractivity contribution in [2.45, 2.75) is 46.6 Å². The van der Waals surface area contributed by atoms with E-state index in [1.54, 1.807) is 6.08 Å². The fourth-order valence-corrected chi connectivity index (χ4v) is 4.35. The lowest BCUT2D eigenvalue weighted by molar-refractivity contribution is -0.153. The van der Waals surface area contributed by atoms with Gasteiger partial charge in [0.15, 0.2) is 5.78 Å². The van der Waals surface area contributed by atoms with Gasteiger partial charge in [0.1, 0.15) is 0 Å². The first kappa shape index (κ1) is 13.8. The summed E-state index contributed by atoms with van der Waals surface area (Å²) in [5, 5.41) is 19.9. The van der Waals surface area contributed by atoms with Crippen LogP contribution in [0.5, 0.6) is 0 Å². The van der Waals surface area contributed by atoms with Crippen LogP contribution in [0.1, 0.15) is 40.5 Å². The molecule has 0 unspecified atom stereocenters. The third kappa shape index (κ3) is 1.68. The molecule has 2 aliphatic carbocycles. The van der Waals surface area contributed by atoms with Crippen LogP contribution in [0.25, 0.3) is 0 Å². The highest BCUT2D eigenvalue weighted by molar-refractivity contribution is 5.95. The van der Waals surface area contributed by atoms with Crippen LogP contribution in [0.4, 0.5) is 0 Å². The van der Waals surface area contributed by atoms with Gasteiger partial charge in [0, 0.05) is 17.3 Å². The van der Waals surface area contributed by atoms with Gasteiger partial charge in [-0.3, -0.25) is 4.79 Å². The summed E-state index contributed by atoms with van der Waals surface area (Å²) >= 11 is 0. The van der Waals surface area contributed by atoms with Gasteiger partial charge in [-0.25, -0.2) is 0 Å². The van der Waals surface area contributed by atoms with E-state index in [9.17, 15) is 15.0 Å². The van der Waals surface area contributed by atoms with E-state index in [1.165, 1.54) is 0 Å². The van der Waals surface area contributed by atoms with E-state index in [4.69, 9.17) is 0 Å². The molecule has 0 heterocycles. The number of hydrogen-bond donors (Lipinski definition) is 2. The molecule has 1 saturated carbocycles. The number of allylic oxidation sites excluding steroid dienone is 1. The van der Waals surface area contributed by atoms with Crippen LogP contribution in [0.3, 0.4) is 0 Å². The lowest BCUT2D eigenvalue weighted by Crippen LogP contribution is -2.57. The Hall–Kier alpha value is -0.670. The van der Waals surface area contributed by atoms with Crippen molar-refractivity contribution in [2.24, 2.45) is 22.7 Å². The molecule has 2 N–H and O–H groups in total. The first-order valence-electron chi connectivity index (χ1n) is 6.76. The molecule has 0 amide bonds. The molecule has 0 spiro atoms. The van der Waals surface area contributed by atoms with Crippen molar-refractivity contribution in [3.8, 4) is 0 Å². The summed E-state index contributed by atoms with van der Waals surface area (Å²) in [6, 6.07) is 0. The van der Waals surface area contributed by atoms with Gasteiger partial charge < -0.3 is 10.2 Å². The number of rotatable bonds is 1.